The predicted molar refractivity (Wildman–Crippen MR) is 112 cm³/mol. The Morgan fingerprint density at radius 2 is 1.57 bits per heavy atom. The van der Waals surface area contributed by atoms with Gasteiger partial charge in [0.2, 0.25) is 0 Å². The summed E-state index contributed by atoms with van der Waals surface area (Å²) in [5.41, 5.74) is 2.36. The summed E-state index contributed by atoms with van der Waals surface area (Å²) in [6, 6.07) is 19.9. The maximum atomic E-state index is 12.5. The first-order valence-corrected chi connectivity index (χ1v) is 10.5. The van der Waals surface area contributed by atoms with Crippen molar-refractivity contribution in [1.29, 1.82) is 0 Å². The van der Waals surface area contributed by atoms with Crippen molar-refractivity contribution in [2.75, 3.05) is 10.0 Å². The lowest BCUT2D eigenvalue weighted by Crippen LogP contribution is -2.14. The van der Waals surface area contributed by atoms with E-state index >= 15 is 0 Å². The highest BCUT2D eigenvalue weighted by atomic mass is 35.5. The van der Waals surface area contributed by atoms with E-state index in [1.807, 2.05) is 24.3 Å². The molecule has 0 fully saturated rings. The molecule has 0 aliphatic heterocycles. The number of carbonyl (C=O) groups excluding carboxylic acids is 1. The summed E-state index contributed by atoms with van der Waals surface area (Å²) in [7, 11) is -3.73. The Balaban J connectivity index is 1.75. The Morgan fingerprint density at radius 3 is 2.18 bits per heavy atom. The molecule has 3 aromatic carbocycles. The van der Waals surface area contributed by atoms with Crippen LogP contribution >= 0.6 is 11.6 Å². The minimum absolute atomic E-state index is 0.142. The first-order chi connectivity index (χ1) is 13.4. The summed E-state index contributed by atoms with van der Waals surface area (Å²) in [5, 5.41) is 2.93. The largest absolute Gasteiger partial charge is 0.322 e. The summed E-state index contributed by atoms with van der Waals surface area (Å²) in [6.45, 7) is 2.06. The van der Waals surface area contributed by atoms with Gasteiger partial charge in [-0.1, -0.05) is 48.9 Å². The first-order valence-electron chi connectivity index (χ1n) is 8.67. The molecule has 5 nitrogen and oxygen atoms in total. The summed E-state index contributed by atoms with van der Waals surface area (Å²) in [4.78, 5) is 12.6. The van der Waals surface area contributed by atoms with Crippen molar-refractivity contribution >= 4 is 38.9 Å². The highest BCUT2D eigenvalue weighted by Crippen LogP contribution is 2.24. The van der Waals surface area contributed by atoms with Crippen LogP contribution in [0.25, 0.3) is 0 Å². The first kappa shape index (κ1) is 19.9. The van der Waals surface area contributed by atoms with Crippen LogP contribution in [-0.4, -0.2) is 14.3 Å². The van der Waals surface area contributed by atoms with Crippen LogP contribution in [0.5, 0.6) is 0 Å². The number of hydrogen-bond acceptors (Lipinski definition) is 3. The van der Waals surface area contributed by atoms with Gasteiger partial charge in [0, 0.05) is 5.69 Å². The highest BCUT2D eigenvalue weighted by molar-refractivity contribution is 7.92. The van der Waals surface area contributed by atoms with Gasteiger partial charge in [-0.05, 0) is 54.4 Å². The zero-order chi connectivity index (χ0) is 20.1. The van der Waals surface area contributed by atoms with Crippen LogP contribution in [0.2, 0.25) is 5.02 Å². The van der Waals surface area contributed by atoms with Crippen LogP contribution in [0.1, 0.15) is 22.8 Å². The third-order valence-corrected chi connectivity index (χ3v) is 5.85. The van der Waals surface area contributed by atoms with Gasteiger partial charge in [-0.3, -0.25) is 9.52 Å². The average molecular weight is 415 g/mol. The van der Waals surface area contributed by atoms with Gasteiger partial charge in [-0.2, -0.15) is 0 Å². The van der Waals surface area contributed by atoms with Gasteiger partial charge in [-0.15, -0.1) is 0 Å². The molecule has 0 aliphatic carbocycles. The van der Waals surface area contributed by atoms with Gasteiger partial charge in [0.25, 0.3) is 15.9 Å². The molecule has 1 amide bonds. The molecule has 0 bridgehead atoms. The van der Waals surface area contributed by atoms with Gasteiger partial charge in [0.15, 0.2) is 0 Å². The number of halogens is 1. The Morgan fingerprint density at radius 1 is 0.929 bits per heavy atom. The topological polar surface area (TPSA) is 75.3 Å². The van der Waals surface area contributed by atoms with E-state index in [4.69, 9.17) is 11.6 Å². The van der Waals surface area contributed by atoms with Crippen LogP contribution in [-0.2, 0) is 16.4 Å². The van der Waals surface area contributed by atoms with E-state index in [2.05, 4.69) is 17.0 Å². The van der Waals surface area contributed by atoms with E-state index in [9.17, 15) is 13.2 Å². The smallest absolute Gasteiger partial charge is 0.261 e. The lowest BCUT2D eigenvalue weighted by Gasteiger charge is -2.11. The van der Waals surface area contributed by atoms with Crippen molar-refractivity contribution in [3.05, 3.63) is 88.9 Å². The van der Waals surface area contributed by atoms with Gasteiger partial charge < -0.3 is 5.32 Å². The third-order valence-electron chi connectivity index (χ3n) is 4.14. The molecule has 0 saturated carbocycles. The molecule has 28 heavy (non-hydrogen) atoms. The molecule has 7 heteroatoms. The monoisotopic (exact) mass is 414 g/mol. The van der Waals surface area contributed by atoms with Crippen molar-refractivity contribution in [1.82, 2.24) is 0 Å². The molecule has 3 aromatic rings. The average Bonchev–Trinajstić information content (AvgIpc) is 2.69. The van der Waals surface area contributed by atoms with Gasteiger partial charge in [0.1, 0.15) is 0 Å². The van der Waals surface area contributed by atoms with Crippen LogP contribution in [0.3, 0.4) is 0 Å². The van der Waals surface area contributed by atoms with Crippen molar-refractivity contribution < 1.29 is 13.2 Å². The Kier molecular flexibility index (Phi) is 6.02. The maximum Gasteiger partial charge on any atom is 0.261 e. The fourth-order valence-corrected chi connectivity index (χ4v) is 3.94. The summed E-state index contributed by atoms with van der Waals surface area (Å²) < 4.78 is 27.2. The zero-order valence-electron chi connectivity index (χ0n) is 15.1. The number of amides is 1. The number of hydrogen-bond donors (Lipinski definition) is 2. The quantitative estimate of drug-likeness (QED) is 0.598. The molecular formula is C21H19ClN2O3S. The number of benzene rings is 3. The van der Waals surface area contributed by atoms with Crippen LogP contribution in [0.15, 0.2) is 77.7 Å². The maximum absolute atomic E-state index is 12.5. The van der Waals surface area contributed by atoms with E-state index in [1.165, 1.54) is 35.9 Å². The molecule has 0 atom stereocenters. The second-order valence-electron chi connectivity index (χ2n) is 6.12. The normalized spacial score (nSPS) is 11.1. The van der Waals surface area contributed by atoms with Crippen LogP contribution < -0.4 is 10.0 Å². The number of nitrogens with one attached hydrogen (secondary N) is 2. The Labute approximate surface area is 169 Å². The van der Waals surface area contributed by atoms with Crippen molar-refractivity contribution in [2.45, 2.75) is 18.2 Å². The number of rotatable bonds is 6. The van der Waals surface area contributed by atoms with Crippen LogP contribution in [0.4, 0.5) is 11.4 Å². The van der Waals surface area contributed by atoms with E-state index in [1.54, 1.807) is 18.2 Å². The van der Waals surface area contributed by atoms with Crippen molar-refractivity contribution in [3.8, 4) is 0 Å². The van der Waals surface area contributed by atoms with E-state index < -0.39 is 10.0 Å². The fraction of sp³-hybridized carbons (Fsp3) is 0.0952. The standard InChI is InChI=1S/C21H19ClN2O3S/c1-2-15-8-10-16(11-9-15)23-21(25)19-13-12-17(14-20(19)22)24-28(26,27)18-6-4-3-5-7-18/h3-14,24H,2H2,1H3,(H,23,25). The van der Waals surface area contributed by atoms with Gasteiger partial charge >= 0.3 is 0 Å². The summed E-state index contributed by atoms with van der Waals surface area (Å²) in [6.07, 6.45) is 0.917. The third kappa shape index (κ3) is 4.71. The molecule has 2 N–H and O–H groups in total. The fourth-order valence-electron chi connectivity index (χ4n) is 2.60. The molecule has 0 heterocycles. The molecule has 0 saturated heterocycles. The lowest BCUT2D eigenvalue weighted by molar-refractivity contribution is 0.102. The minimum Gasteiger partial charge on any atom is -0.322 e. The van der Waals surface area contributed by atoms with Gasteiger partial charge in [-0.25, -0.2) is 8.42 Å². The minimum atomic E-state index is -3.73. The Bertz CT molecular complexity index is 1080. The molecule has 3 rings (SSSR count). The second kappa shape index (κ2) is 8.46. The molecule has 0 aromatic heterocycles. The molecule has 144 valence electrons. The molecule has 0 unspecified atom stereocenters. The molecule has 0 spiro atoms. The van der Waals surface area contributed by atoms with Crippen molar-refractivity contribution in [2.24, 2.45) is 0 Å². The summed E-state index contributed by atoms with van der Waals surface area (Å²) >= 11 is 6.22. The van der Waals surface area contributed by atoms with E-state index in [0.717, 1.165) is 6.42 Å². The zero-order valence-corrected chi connectivity index (χ0v) is 16.7. The molecule has 0 radical (unpaired) electrons. The van der Waals surface area contributed by atoms with Crippen LogP contribution in [0, 0.1) is 0 Å². The lowest BCUT2D eigenvalue weighted by atomic mass is 10.1. The Hall–Kier alpha value is -2.83. The molecule has 0 aliphatic rings. The van der Waals surface area contributed by atoms with E-state index in [-0.39, 0.29) is 27.1 Å². The number of aryl methyl sites for hydroxylation is 1. The SMILES string of the molecule is CCc1ccc(NC(=O)c2ccc(NS(=O)(=O)c3ccccc3)cc2Cl)cc1. The van der Waals surface area contributed by atoms with Gasteiger partial charge in [0.05, 0.1) is 21.2 Å². The van der Waals surface area contributed by atoms with Crippen molar-refractivity contribution in [3.63, 3.8) is 0 Å². The molecular weight excluding hydrogens is 396 g/mol. The predicted octanol–water partition coefficient (Wildman–Crippen LogP) is 4.96. The number of sulfonamides is 1. The summed E-state index contributed by atoms with van der Waals surface area (Å²) in [5.74, 6) is -0.369. The number of anilines is 2. The second-order valence-corrected chi connectivity index (χ2v) is 8.21. The number of carbonyl (C=O) groups is 1. The highest BCUT2D eigenvalue weighted by Gasteiger charge is 2.16. The van der Waals surface area contributed by atoms with E-state index in [0.29, 0.717) is 5.69 Å².